The first-order valence-electron chi connectivity index (χ1n) is 8.05. The molecule has 1 aromatic heterocycles. The molecule has 0 aliphatic rings. The lowest BCUT2D eigenvalue weighted by atomic mass is 10.2. The number of anilines is 1. The number of carbonyl (C=O) groups is 1. The van der Waals surface area contributed by atoms with E-state index in [0.29, 0.717) is 17.3 Å². The molecule has 2 N–H and O–H groups in total. The van der Waals surface area contributed by atoms with Crippen molar-refractivity contribution in [2.45, 2.75) is 26.2 Å². The van der Waals surface area contributed by atoms with Crippen LogP contribution >= 0.6 is 23.8 Å². The maximum atomic E-state index is 12.0. The first-order chi connectivity index (χ1) is 12.1. The van der Waals surface area contributed by atoms with Crippen LogP contribution in [-0.4, -0.2) is 22.6 Å². The SMILES string of the molecule is CCCCCOc1ccc(NC(=S)NC(=O)c2ccc(Cl)nc2)cc1. The fourth-order valence-electron chi connectivity index (χ4n) is 2.02. The molecule has 0 fully saturated rings. The highest BCUT2D eigenvalue weighted by Crippen LogP contribution is 2.16. The van der Waals surface area contributed by atoms with Crippen LogP contribution in [0.25, 0.3) is 0 Å². The number of amides is 1. The summed E-state index contributed by atoms with van der Waals surface area (Å²) in [5.74, 6) is 0.460. The molecule has 0 aliphatic carbocycles. The van der Waals surface area contributed by atoms with Crippen molar-refractivity contribution in [2.75, 3.05) is 11.9 Å². The monoisotopic (exact) mass is 377 g/mol. The summed E-state index contributed by atoms with van der Waals surface area (Å²) >= 11 is 10.8. The van der Waals surface area contributed by atoms with Gasteiger partial charge in [0.2, 0.25) is 0 Å². The predicted octanol–water partition coefficient (Wildman–Crippen LogP) is 4.43. The smallest absolute Gasteiger partial charge is 0.258 e. The second-order valence-electron chi connectivity index (χ2n) is 5.36. The second kappa shape index (κ2) is 9.96. The number of thiocarbonyl (C=S) groups is 1. The van der Waals surface area contributed by atoms with Gasteiger partial charge in [-0.15, -0.1) is 0 Å². The van der Waals surface area contributed by atoms with Crippen molar-refractivity contribution in [3.63, 3.8) is 0 Å². The molecule has 1 amide bonds. The molecule has 7 heteroatoms. The van der Waals surface area contributed by atoms with Crippen LogP contribution in [0.2, 0.25) is 5.15 Å². The zero-order valence-electron chi connectivity index (χ0n) is 13.9. The van der Waals surface area contributed by atoms with E-state index < -0.39 is 0 Å². The molecule has 0 aliphatic heterocycles. The fourth-order valence-corrected chi connectivity index (χ4v) is 2.35. The number of hydrogen-bond donors (Lipinski definition) is 2. The van der Waals surface area contributed by atoms with Crippen molar-refractivity contribution in [1.29, 1.82) is 0 Å². The van der Waals surface area contributed by atoms with E-state index in [9.17, 15) is 4.79 Å². The van der Waals surface area contributed by atoms with Crippen LogP contribution in [0, 0.1) is 0 Å². The molecule has 0 spiro atoms. The molecular formula is C18H20ClN3O2S. The number of ether oxygens (including phenoxy) is 1. The number of aromatic nitrogens is 1. The highest BCUT2D eigenvalue weighted by molar-refractivity contribution is 7.80. The Labute approximate surface area is 157 Å². The van der Waals surface area contributed by atoms with Crippen LogP contribution in [0.4, 0.5) is 5.69 Å². The van der Waals surface area contributed by atoms with Gasteiger partial charge >= 0.3 is 0 Å². The molecule has 0 atom stereocenters. The van der Waals surface area contributed by atoms with Gasteiger partial charge in [0.1, 0.15) is 10.9 Å². The number of nitrogens with zero attached hydrogens (tertiary/aromatic N) is 1. The topological polar surface area (TPSA) is 63.2 Å². The largest absolute Gasteiger partial charge is 0.494 e. The minimum atomic E-state index is -0.349. The molecule has 1 aromatic carbocycles. The average Bonchev–Trinajstić information content (AvgIpc) is 2.60. The van der Waals surface area contributed by atoms with E-state index in [4.69, 9.17) is 28.6 Å². The van der Waals surface area contributed by atoms with Crippen molar-refractivity contribution in [2.24, 2.45) is 0 Å². The number of pyridine rings is 1. The van der Waals surface area contributed by atoms with Crippen molar-refractivity contribution in [3.8, 4) is 5.75 Å². The van der Waals surface area contributed by atoms with Crippen LogP contribution < -0.4 is 15.4 Å². The van der Waals surface area contributed by atoms with Gasteiger partial charge in [0.05, 0.1) is 12.2 Å². The van der Waals surface area contributed by atoms with Crippen LogP contribution in [0.3, 0.4) is 0 Å². The lowest BCUT2D eigenvalue weighted by Gasteiger charge is -2.11. The Morgan fingerprint density at radius 2 is 1.96 bits per heavy atom. The molecule has 0 bridgehead atoms. The first-order valence-corrected chi connectivity index (χ1v) is 8.84. The second-order valence-corrected chi connectivity index (χ2v) is 6.15. The van der Waals surface area contributed by atoms with Gasteiger partial charge in [0.15, 0.2) is 5.11 Å². The molecule has 0 unspecified atom stereocenters. The summed E-state index contributed by atoms with van der Waals surface area (Å²) in [6.45, 7) is 2.87. The number of hydrogen-bond acceptors (Lipinski definition) is 4. The van der Waals surface area contributed by atoms with E-state index in [1.54, 1.807) is 12.1 Å². The van der Waals surface area contributed by atoms with Crippen LogP contribution in [-0.2, 0) is 0 Å². The van der Waals surface area contributed by atoms with E-state index >= 15 is 0 Å². The molecule has 25 heavy (non-hydrogen) atoms. The van der Waals surface area contributed by atoms with Gasteiger partial charge in [-0.1, -0.05) is 31.4 Å². The molecule has 2 rings (SSSR count). The molecule has 0 radical (unpaired) electrons. The zero-order valence-corrected chi connectivity index (χ0v) is 15.5. The van der Waals surface area contributed by atoms with Crippen molar-refractivity contribution >= 4 is 40.5 Å². The summed E-state index contributed by atoms with van der Waals surface area (Å²) in [5.41, 5.74) is 1.14. The van der Waals surface area contributed by atoms with E-state index in [1.807, 2.05) is 24.3 Å². The minimum Gasteiger partial charge on any atom is -0.494 e. The third kappa shape index (κ3) is 6.68. The van der Waals surface area contributed by atoms with Gasteiger partial charge < -0.3 is 10.1 Å². The molecule has 0 saturated heterocycles. The number of nitrogens with one attached hydrogen (secondary N) is 2. The van der Waals surface area contributed by atoms with E-state index in [1.165, 1.54) is 12.6 Å². The van der Waals surface area contributed by atoms with Crippen molar-refractivity contribution in [3.05, 3.63) is 53.3 Å². The molecular weight excluding hydrogens is 358 g/mol. The maximum Gasteiger partial charge on any atom is 0.258 e. The molecule has 132 valence electrons. The van der Waals surface area contributed by atoms with Crippen LogP contribution in [0.1, 0.15) is 36.5 Å². The molecule has 5 nitrogen and oxygen atoms in total. The maximum absolute atomic E-state index is 12.0. The Hall–Kier alpha value is -2.18. The summed E-state index contributed by atoms with van der Waals surface area (Å²) < 4.78 is 5.65. The van der Waals surface area contributed by atoms with Crippen LogP contribution in [0.15, 0.2) is 42.6 Å². The molecule has 1 heterocycles. The van der Waals surface area contributed by atoms with Gasteiger partial charge in [0, 0.05) is 11.9 Å². The molecule has 0 saturated carbocycles. The van der Waals surface area contributed by atoms with E-state index in [-0.39, 0.29) is 11.0 Å². The number of unbranched alkanes of at least 4 members (excludes halogenated alkanes) is 2. The summed E-state index contributed by atoms with van der Waals surface area (Å²) in [4.78, 5) is 15.9. The Balaban J connectivity index is 1.81. The van der Waals surface area contributed by atoms with Crippen LogP contribution in [0.5, 0.6) is 5.75 Å². The number of rotatable bonds is 7. The van der Waals surface area contributed by atoms with Gasteiger partial charge in [-0.2, -0.15) is 0 Å². The Morgan fingerprint density at radius 1 is 1.20 bits per heavy atom. The summed E-state index contributed by atoms with van der Waals surface area (Å²) in [5, 5.41) is 6.08. The van der Waals surface area contributed by atoms with Crippen molar-refractivity contribution in [1.82, 2.24) is 10.3 Å². The lowest BCUT2D eigenvalue weighted by Crippen LogP contribution is -2.34. The standard InChI is InChI=1S/C18H20ClN3O2S/c1-2-3-4-11-24-15-8-6-14(7-9-15)21-18(25)22-17(23)13-5-10-16(19)20-12-13/h5-10,12H,2-4,11H2,1H3,(H2,21,22,23,25). The predicted molar refractivity (Wildman–Crippen MR) is 104 cm³/mol. The highest BCUT2D eigenvalue weighted by Gasteiger charge is 2.08. The summed E-state index contributed by atoms with van der Waals surface area (Å²) in [7, 11) is 0. The summed E-state index contributed by atoms with van der Waals surface area (Å²) in [6.07, 6.45) is 4.77. The fraction of sp³-hybridized carbons (Fsp3) is 0.278. The zero-order chi connectivity index (χ0) is 18.1. The average molecular weight is 378 g/mol. The summed E-state index contributed by atoms with van der Waals surface area (Å²) in [6, 6.07) is 10.5. The first kappa shape index (κ1) is 19.1. The van der Waals surface area contributed by atoms with Gasteiger partial charge in [-0.05, 0) is 55.0 Å². The number of carbonyl (C=O) groups excluding carboxylic acids is 1. The van der Waals surface area contributed by atoms with Gasteiger partial charge in [0.25, 0.3) is 5.91 Å². The third-order valence-corrected chi connectivity index (χ3v) is 3.77. The van der Waals surface area contributed by atoms with E-state index in [0.717, 1.165) is 24.3 Å². The van der Waals surface area contributed by atoms with E-state index in [2.05, 4.69) is 22.5 Å². The number of benzene rings is 1. The van der Waals surface area contributed by atoms with Gasteiger partial charge in [-0.25, -0.2) is 4.98 Å². The molecule has 2 aromatic rings. The Kier molecular flexibility index (Phi) is 7.63. The minimum absolute atomic E-state index is 0.205. The number of halogens is 1. The van der Waals surface area contributed by atoms with Gasteiger partial charge in [-0.3, -0.25) is 10.1 Å². The highest BCUT2D eigenvalue weighted by atomic mass is 35.5. The van der Waals surface area contributed by atoms with Crippen molar-refractivity contribution < 1.29 is 9.53 Å². The Morgan fingerprint density at radius 3 is 2.60 bits per heavy atom. The quantitative estimate of drug-likeness (QED) is 0.424. The normalized spacial score (nSPS) is 10.2. The lowest BCUT2D eigenvalue weighted by molar-refractivity contribution is 0.0977. The third-order valence-electron chi connectivity index (χ3n) is 3.35. The Bertz CT molecular complexity index is 705.